The number of thioether (sulfide) groups is 1. The van der Waals surface area contributed by atoms with Gasteiger partial charge >= 0.3 is 6.61 Å². The van der Waals surface area contributed by atoms with Crippen LogP contribution in [0.3, 0.4) is 0 Å². The fourth-order valence-electron chi connectivity index (χ4n) is 2.37. The lowest BCUT2D eigenvalue weighted by Crippen LogP contribution is -2.37. The molecule has 146 valence electrons. The molecule has 2 heterocycles. The highest BCUT2D eigenvalue weighted by Crippen LogP contribution is 2.32. The van der Waals surface area contributed by atoms with E-state index in [0.717, 1.165) is 16.7 Å². The van der Waals surface area contributed by atoms with Crippen LogP contribution in [0.4, 0.5) is 13.6 Å². The van der Waals surface area contributed by atoms with Gasteiger partial charge in [-0.15, -0.1) is 0 Å². The third-order valence-corrected chi connectivity index (χ3v) is 5.27. The van der Waals surface area contributed by atoms with Crippen LogP contribution in [0.1, 0.15) is 15.9 Å². The molecule has 0 unspecified atom stereocenters. The Bertz CT molecular complexity index is 899. The molecule has 1 N–H and O–H groups in total. The minimum absolute atomic E-state index is 0.00150. The molecule has 0 bridgehead atoms. The summed E-state index contributed by atoms with van der Waals surface area (Å²) in [6, 6.07) is 7.39. The standard InChI is InChI=1S/C18H14F2N2O4S2/c19-17(20)26-13-3-1-11(2-4-13)9-14-16(24)22(18(25)28-14)7-6-21-15(23)12-5-8-27-10-12/h1-5,8-10,17H,6-7H2,(H,21,23). The molecule has 6 nitrogen and oxygen atoms in total. The predicted molar refractivity (Wildman–Crippen MR) is 102 cm³/mol. The Morgan fingerprint density at radius 2 is 1.96 bits per heavy atom. The topological polar surface area (TPSA) is 75.7 Å². The second kappa shape index (κ2) is 8.98. The molecule has 1 saturated heterocycles. The van der Waals surface area contributed by atoms with Gasteiger partial charge in [-0.05, 0) is 47.0 Å². The zero-order chi connectivity index (χ0) is 20.1. The van der Waals surface area contributed by atoms with E-state index in [2.05, 4.69) is 10.1 Å². The summed E-state index contributed by atoms with van der Waals surface area (Å²) >= 11 is 2.18. The van der Waals surface area contributed by atoms with Crippen LogP contribution in [0.25, 0.3) is 6.08 Å². The normalized spacial score (nSPS) is 15.5. The van der Waals surface area contributed by atoms with Crippen LogP contribution in [0, 0.1) is 0 Å². The summed E-state index contributed by atoms with van der Waals surface area (Å²) in [4.78, 5) is 37.6. The average molecular weight is 424 g/mol. The van der Waals surface area contributed by atoms with Crippen molar-refractivity contribution in [2.45, 2.75) is 6.61 Å². The minimum Gasteiger partial charge on any atom is -0.435 e. The summed E-state index contributed by atoms with van der Waals surface area (Å²) in [6.07, 6.45) is 1.50. The fourth-order valence-corrected chi connectivity index (χ4v) is 3.87. The largest absolute Gasteiger partial charge is 0.435 e. The molecule has 3 rings (SSSR count). The number of alkyl halides is 2. The second-order valence-electron chi connectivity index (χ2n) is 5.55. The predicted octanol–water partition coefficient (Wildman–Crippen LogP) is 3.82. The monoisotopic (exact) mass is 424 g/mol. The lowest BCUT2D eigenvalue weighted by Gasteiger charge is -2.12. The molecule has 1 aromatic heterocycles. The van der Waals surface area contributed by atoms with Gasteiger partial charge in [0, 0.05) is 24.0 Å². The highest BCUT2D eigenvalue weighted by molar-refractivity contribution is 8.18. The fraction of sp³-hybridized carbons (Fsp3) is 0.167. The summed E-state index contributed by atoms with van der Waals surface area (Å²) in [5.41, 5.74) is 1.09. The number of imide groups is 1. The van der Waals surface area contributed by atoms with Gasteiger partial charge in [-0.25, -0.2) is 0 Å². The van der Waals surface area contributed by atoms with Crippen LogP contribution in [-0.2, 0) is 4.79 Å². The third kappa shape index (κ3) is 4.96. The summed E-state index contributed by atoms with van der Waals surface area (Å²) < 4.78 is 28.6. The van der Waals surface area contributed by atoms with Gasteiger partial charge in [-0.2, -0.15) is 20.1 Å². The summed E-state index contributed by atoms with van der Waals surface area (Å²) in [6.45, 7) is -2.72. The van der Waals surface area contributed by atoms with Gasteiger partial charge in [-0.1, -0.05) is 12.1 Å². The van der Waals surface area contributed by atoms with E-state index in [1.165, 1.54) is 41.7 Å². The van der Waals surface area contributed by atoms with Gasteiger partial charge in [0.1, 0.15) is 5.75 Å². The molecule has 1 aromatic carbocycles. The minimum atomic E-state index is -2.91. The van der Waals surface area contributed by atoms with E-state index in [1.807, 2.05) is 0 Å². The zero-order valence-corrected chi connectivity index (χ0v) is 15.9. The average Bonchev–Trinajstić information content (AvgIpc) is 3.27. The van der Waals surface area contributed by atoms with Crippen molar-refractivity contribution in [3.63, 3.8) is 0 Å². The van der Waals surface area contributed by atoms with E-state index in [0.29, 0.717) is 11.1 Å². The number of thiophene rings is 1. The summed E-state index contributed by atoms with van der Waals surface area (Å²) in [5.74, 6) is -0.732. The van der Waals surface area contributed by atoms with Gasteiger partial charge < -0.3 is 10.1 Å². The van der Waals surface area contributed by atoms with Gasteiger partial charge in [0.25, 0.3) is 17.1 Å². The smallest absolute Gasteiger partial charge is 0.387 e. The SMILES string of the molecule is O=C(NCCN1C(=O)SC(=Cc2ccc(OC(F)F)cc2)C1=O)c1ccsc1. The highest BCUT2D eigenvalue weighted by atomic mass is 32.2. The molecule has 10 heteroatoms. The summed E-state index contributed by atoms with van der Waals surface area (Å²) in [7, 11) is 0. The van der Waals surface area contributed by atoms with Crippen LogP contribution in [0.15, 0.2) is 46.0 Å². The Kier molecular flexibility index (Phi) is 6.42. The number of hydrogen-bond donors (Lipinski definition) is 1. The number of nitrogens with one attached hydrogen (secondary N) is 1. The Morgan fingerprint density at radius 3 is 2.61 bits per heavy atom. The first kappa shape index (κ1) is 20.0. The van der Waals surface area contributed by atoms with Crippen molar-refractivity contribution in [1.82, 2.24) is 10.2 Å². The van der Waals surface area contributed by atoms with E-state index in [-0.39, 0.29) is 29.7 Å². The number of amides is 3. The Labute approximate surface area is 167 Å². The molecular formula is C18H14F2N2O4S2. The maximum atomic E-state index is 12.4. The molecule has 1 fully saturated rings. The number of halogens is 2. The molecular weight excluding hydrogens is 410 g/mol. The number of nitrogens with zero attached hydrogens (tertiary/aromatic N) is 1. The highest BCUT2D eigenvalue weighted by Gasteiger charge is 2.34. The van der Waals surface area contributed by atoms with Gasteiger partial charge in [0.2, 0.25) is 0 Å². The Morgan fingerprint density at radius 1 is 1.21 bits per heavy atom. The second-order valence-corrected chi connectivity index (χ2v) is 7.32. The quantitative estimate of drug-likeness (QED) is 0.684. The Balaban J connectivity index is 1.58. The first-order valence-electron chi connectivity index (χ1n) is 8.04. The van der Waals surface area contributed by atoms with Crippen molar-refractivity contribution in [3.8, 4) is 5.75 Å². The van der Waals surface area contributed by atoms with Gasteiger partial charge in [0.15, 0.2) is 0 Å². The number of carbonyl (C=O) groups is 3. The lowest BCUT2D eigenvalue weighted by atomic mass is 10.2. The molecule has 2 aromatic rings. The molecule has 0 atom stereocenters. The number of rotatable bonds is 7. The van der Waals surface area contributed by atoms with Crippen molar-refractivity contribution >= 4 is 46.2 Å². The summed E-state index contributed by atoms with van der Waals surface area (Å²) in [5, 5.41) is 5.71. The molecule has 1 aliphatic heterocycles. The maximum absolute atomic E-state index is 12.4. The molecule has 0 aliphatic carbocycles. The van der Waals surface area contributed by atoms with Crippen molar-refractivity contribution in [1.29, 1.82) is 0 Å². The van der Waals surface area contributed by atoms with Crippen molar-refractivity contribution in [3.05, 3.63) is 57.1 Å². The molecule has 0 radical (unpaired) electrons. The first-order chi connectivity index (χ1) is 13.4. The van der Waals surface area contributed by atoms with Crippen LogP contribution in [-0.4, -0.2) is 41.7 Å². The molecule has 0 saturated carbocycles. The van der Waals surface area contributed by atoms with E-state index in [9.17, 15) is 23.2 Å². The molecule has 28 heavy (non-hydrogen) atoms. The Hall–Kier alpha value is -2.72. The maximum Gasteiger partial charge on any atom is 0.387 e. The molecule has 3 amide bonds. The van der Waals surface area contributed by atoms with E-state index in [4.69, 9.17) is 0 Å². The number of carbonyl (C=O) groups excluding carboxylic acids is 3. The van der Waals surface area contributed by atoms with Gasteiger partial charge in [-0.3, -0.25) is 19.3 Å². The number of ether oxygens (including phenoxy) is 1. The lowest BCUT2D eigenvalue weighted by molar-refractivity contribution is -0.122. The first-order valence-corrected chi connectivity index (χ1v) is 9.80. The van der Waals surface area contributed by atoms with Crippen LogP contribution in [0.2, 0.25) is 0 Å². The van der Waals surface area contributed by atoms with Crippen LogP contribution in [0.5, 0.6) is 5.75 Å². The van der Waals surface area contributed by atoms with E-state index in [1.54, 1.807) is 16.8 Å². The number of benzene rings is 1. The van der Waals surface area contributed by atoms with Crippen LogP contribution >= 0.6 is 23.1 Å². The third-order valence-electron chi connectivity index (χ3n) is 3.68. The molecule has 1 aliphatic rings. The van der Waals surface area contributed by atoms with Crippen molar-refractivity contribution in [2.24, 2.45) is 0 Å². The van der Waals surface area contributed by atoms with Crippen LogP contribution < -0.4 is 10.1 Å². The van der Waals surface area contributed by atoms with Gasteiger partial charge in [0.05, 0.1) is 4.91 Å². The number of hydrogen-bond acceptors (Lipinski definition) is 6. The zero-order valence-electron chi connectivity index (χ0n) is 14.3. The van der Waals surface area contributed by atoms with Crippen molar-refractivity contribution in [2.75, 3.05) is 13.1 Å². The molecule has 0 spiro atoms. The van der Waals surface area contributed by atoms with Crippen molar-refractivity contribution < 1.29 is 27.9 Å². The van der Waals surface area contributed by atoms with E-state index < -0.39 is 17.8 Å². The van der Waals surface area contributed by atoms with E-state index >= 15 is 0 Å².